The monoisotopic (exact) mass is 473 g/mol. The van der Waals surface area contributed by atoms with Crippen LogP contribution in [0, 0.1) is 6.92 Å². The van der Waals surface area contributed by atoms with Gasteiger partial charge in [0.05, 0.1) is 17.0 Å². The Hall–Kier alpha value is -2.52. The van der Waals surface area contributed by atoms with Crippen LogP contribution in [0.3, 0.4) is 0 Å². The lowest BCUT2D eigenvalue weighted by Crippen LogP contribution is -2.46. The maximum atomic E-state index is 13.5. The molecular formula is C24H35N5O3S. The Morgan fingerprint density at radius 3 is 2.52 bits per heavy atom. The summed E-state index contributed by atoms with van der Waals surface area (Å²) in [6.07, 6.45) is 3.65. The zero-order chi connectivity index (χ0) is 24.6. The first kappa shape index (κ1) is 25.1. The van der Waals surface area contributed by atoms with Crippen LogP contribution < -0.4 is 10.6 Å². The highest BCUT2D eigenvalue weighted by atomic mass is 32.1. The van der Waals surface area contributed by atoms with Crippen LogP contribution in [-0.2, 0) is 0 Å². The van der Waals surface area contributed by atoms with E-state index in [-0.39, 0.29) is 34.8 Å². The quantitative estimate of drug-likeness (QED) is 0.588. The molecular weight excluding hydrogens is 438 g/mol. The van der Waals surface area contributed by atoms with Crippen molar-refractivity contribution in [1.82, 2.24) is 20.2 Å². The van der Waals surface area contributed by atoms with E-state index in [1.54, 1.807) is 20.0 Å². The van der Waals surface area contributed by atoms with Crippen molar-refractivity contribution in [3.63, 3.8) is 0 Å². The van der Waals surface area contributed by atoms with Gasteiger partial charge in [-0.2, -0.15) is 0 Å². The molecule has 0 aromatic carbocycles. The normalized spacial score (nSPS) is 16.7. The lowest BCUT2D eigenvalue weighted by Gasteiger charge is -2.22. The molecule has 0 spiro atoms. The third kappa shape index (κ3) is 5.89. The number of amides is 2. The number of hydrogen-bond acceptors (Lipinski definition) is 7. The van der Waals surface area contributed by atoms with E-state index in [1.165, 1.54) is 11.3 Å². The molecule has 9 heteroatoms. The summed E-state index contributed by atoms with van der Waals surface area (Å²) in [7, 11) is 0. The number of pyridine rings is 1. The molecule has 2 aromatic heterocycles. The van der Waals surface area contributed by atoms with Crippen LogP contribution >= 0.6 is 11.3 Å². The van der Waals surface area contributed by atoms with Gasteiger partial charge in [-0.3, -0.25) is 9.59 Å². The number of carbonyl (C=O) groups excluding carboxylic acids is 2. The summed E-state index contributed by atoms with van der Waals surface area (Å²) in [5.74, 6) is 0.172. The number of rotatable bonds is 6. The Kier molecular flexibility index (Phi) is 7.14. The number of likely N-dealkylation sites (tertiary alicyclic amines) is 1. The highest BCUT2D eigenvalue weighted by Crippen LogP contribution is 2.35. The molecule has 1 aliphatic rings. The average Bonchev–Trinajstić information content (AvgIpc) is 3.33. The molecule has 0 aliphatic carbocycles. The van der Waals surface area contributed by atoms with Gasteiger partial charge in [0.1, 0.15) is 11.5 Å². The molecule has 1 fully saturated rings. The van der Waals surface area contributed by atoms with Gasteiger partial charge < -0.3 is 20.6 Å². The molecule has 33 heavy (non-hydrogen) atoms. The molecule has 2 aromatic rings. The number of thiazole rings is 1. The molecule has 0 saturated carbocycles. The predicted octanol–water partition coefficient (Wildman–Crippen LogP) is 3.85. The molecule has 0 radical (unpaired) electrons. The zero-order valence-electron chi connectivity index (χ0n) is 20.6. The molecule has 1 atom stereocenters. The van der Waals surface area contributed by atoms with Crippen molar-refractivity contribution in [3.05, 3.63) is 28.5 Å². The van der Waals surface area contributed by atoms with Crippen molar-refractivity contribution in [3.8, 4) is 10.4 Å². The first-order chi connectivity index (χ1) is 15.3. The maximum Gasteiger partial charge on any atom is 0.280 e. The smallest absolute Gasteiger partial charge is 0.280 e. The standard InChI is InChI=1S/C24H35N5O3S/c1-14-11-17(27-23(3,4)5)25-12-16(14)19-18(22(32)29-10-8-9-15(29)2)26-21(33-19)20(31)28-24(6,7)13-30/h11-12,15,30H,8-10,13H2,1-7H3,(H,25,27)(H,28,31)/t15-/m0/s1. The highest BCUT2D eigenvalue weighted by molar-refractivity contribution is 7.17. The third-order valence-corrected chi connectivity index (χ3v) is 6.63. The fourth-order valence-corrected chi connectivity index (χ4v) is 4.79. The molecule has 0 unspecified atom stereocenters. The van der Waals surface area contributed by atoms with Crippen molar-refractivity contribution < 1.29 is 14.7 Å². The number of nitrogens with zero attached hydrogens (tertiary/aromatic N) is 3. The molecule has 3 N–H and O–H groups in total. The van der Waals surface area contributed by atoms with E-state index in [0.29, 0.717) is 11.4 Å². The summed E-state index contributed by atoms with van der Waals surface area (Å²) in [6.45, 7) is 14.1. The topological polar surface area (TPSA) is 107 Å². The van der Waals surface area contributed by atoms with E-state index in [2.05, 4.69) is 41.4 Å². The Bertz CT molecular complexity index is 1040. The second-order valence-corrected chi connectivity index (χ2v) is 11.4. The molecule has 3 rings (SSSR count). The van der Waals surface area contributed by atoms with E-state index in [1.807, 2.05) is 24.8 Å². The minimum atomic E-state index is -0.797. The van der Waals surface area contributed by atoms with E-state index in [0.717, 1.165) is 29.8 Å². The van der Waals surface area contributed by atoms with Gasteiger partial charge in [0.2, 0.25) is 0 Å². The first-order valence-corrected chi connectivity index (χ1v) is 12.1. The first-order valence-electron chi connectivity index (χ1n) is 11.3. The Morgan fingerprint density at radius 2 is 1.97 bits per heavy atom. The van der Waals surface area contributed by atoms with Crippen LogP contribution in [0.25, 0.3) is 10.4 Å². The lowest BCUT2D eigenvalue weighted by molar-refractivity contribution is 0.0743. The lowest BCUT2D eigenvalue weighted by atomic mass is 10.1. The van der Waals surface area contributed by atoms with Crippen molar-refractivity contribution in [2.45, 2.75) is 78.4 Å². The van der Waals surface area contributed by atoms with Gasteiger partial charge in [-0.15, -0.1) is 11.3 Å². The van der Waals surface area contributed by atoms with Gasteiger partial charge in [0.15, 0.2) is 5.01 Å². The van der Waals surface area contributed by atoms with Crippen molar-refractivity contribution >= 4 is 29.0 Å². The van der Waals surface area contributed by atoms with E-state index in [9.17, 15) is 14.7 Å². The van der Waals surface area contributed by atoms with Gasteiger partial charge in [-0.1, -0.05) is 0 Å². The Morgan fingerprint density at radius 1 is 1.27 bits per heavy atom. The minimum Gasteiger partial charge on any atom is -0.394 e. The third-order valence-electron chi connectivity index (χ3n) is 5.54. The van der Waals surface area contributed by atoms with Crippen LogP contribution in [0.2, 0.25) is 0 Å². The van der Waals surface area contributed by atoms with Crippen LogP contribution in [0.15, 0.2) is 12.3 Å². The van der Waals surface area contributed by atoms with Gasteiger partial charge in [0, 0.05) is 29.9 Å². The number of aryl methyl sites for hydroxylation is 1. The van der Waals surface area contributed by atoms with Gasteiger partial charge >= 0.3 is 0 Å². The summed E-state index contributed by atoms with van der Waals surface area (Å²) >= 11 is 1.18. The Balaban J connectivity index is 2.04. The summed E-state index contributed by atoms with van der Waals surface area (Å²) in [4.78, 5) is 37.9. The summed E-state index contributed by atoms with van der Waals surface area (Å²) in [6, 6.07) is 2.08. The van der Waals surface area contributed by atoms with Crippen LogP contribution in [0.5, 0.6) is 0 Å². The number of hydrogen-bond donors (Lipinski definition) is 3. The Labute approximate surface area is 199 Å². The number of anilines is 1. The SMILES string of the molecule is Cc1cc(NC(C)(C)C)ncc1-c1sc(C(=O)NC(C)(C)CO)nc1C(=O)N1CCC[C@@H]1C. The number of carbonyl (C=O) groups is 2. The van der Waals surface area contributed by atoms with Crippen LogP contribution in [0.1, 0.15) is 80.2 Å². The average molecular weight is 474 g/mol. The van der Waals surface area contributed by atoms with E-state index in [4.69, 9.17) is 0 Å². The maximum absolute atomic E-state index is 13.5. The largest absolute Gasteiger partial charge is 0.394 e. The number of nitrogens with one attached hydrogen (secondary N) is 2. The van der Waals surface area contributed by atoms with Crippen LogP contribution in [0.4, 0.5) is 5.82 Å². The predicted molar refractivity (Wildman–Crippen MR) is 132 cm³/mol. The van der Waals surface area contributed by atoms with E-state index < -0.39 is 11.4 Å². The fourth-order valence-electron chi connectivity index (χ4n) is 3.76. The molecule has 2 amide bonds. The number of aliphatic hydroxyl groups is 1. The molecule has 3 heterocycles. The number of aliphatic hydroxyl groups excluding tert-OH is 1. The van der Waals surface area contributed by atoms with E-state index >= 15 is 0 Å². The fraction of sp³-hybridized carbons (Fsp3) is 0.583. The molecule has 1 saturated heterocycles. The second kappa shape index (κ2) is 9.38. The van der Waals surface area contributed by atoms with Crippen LogP contribution in [-0.4, -0.2) is 62.1 Å². The minimum absolute atomic E-state index is 0.134. The molecule has 1 aliphatic heterocycles. The zero-order valence-corrected chi connectivity index (χ0v) is 21.4. The number of aromatic nitrogens is 2. The van der Waals surface area contributed by atoms with Crippen molar-refractivity contribution in [1.29, 1.82) is 0 Å². The molecule has 180 valence electrons. The highest BCUT2D eigenvalue weighted by Gasteiger charge is 2.32. The van der Waals surface area contributed by atoms with Gasteiger partial charge in [-0.05, 0) is 72.9 Å². The second-order valence-electron chi connectivity index (χ2n) is 10.4. The molecule has 0 bridgehead atoms. The van der Waals surface area contributed by atoms with Crippen molar-refractivity contribution in [2.24, 2.45) is 0 Å². The van der Waals surface area contributed by atoms with Crippen molar-refractivity contribution in [2.75, 3.05) is 18.5 Å². The summed E-state index contributed by atoms with van der Waals surface area (Å²) in [5.41, 5.74) is 1.06. The van der Waals surface area contributed by atoms with Gasteiger partial charge in [0.25, 0.3) is 11.8 Å². The molecule has 8 nitrogen and oxygen atoms in total. The van der Waals surface area contributed by atoms with Gasteiger partial charge in [-0.25, -0.2) is 9.97 Å². The summed E-state index contributed by atoms with van der Waals surface area (Å²) in [5, 5.41) is 15.9. The summed E-state index contributed by atoms with van der Waals surface area (Å²) < 4.78 is 0.